The summed E-state index contributed by atoms with van der Waals surface area (Å²) in [7, 11) is 4.19. The number of hydrogen-bond acceptors (Lipinski definition) is 3. The molecule has 5 heteroatoms. The Balaban J connectivity index is 1.99. The zero-order valence-electron chi connectivity index (χ0n) is 14.2. The van der Waals surface area contributed by atoms with E-state index >= 15 is 0 Å². The minimum atomic E-state index is 0.707. The molecule has 0 amide bonds. The average molecular weight is 331 g/mol. The maximum Gasteiger partial charge on any atom is 0.191 e. The molecule has 0 unspecified atom stereocenters. The van der Waals surface area contributed by atoms with Crippen LogP contribution in [-0.4, -0.2) is 31.5 Å². The predicted molar refractivity (Wildman–Crippen MR) is 99.8 cm³/mol. The highest BCUT2D eigenvalue weighted by atomic mass is 32.1. The van der Waals surface area contributed by atoms with Crippen LogP contribution in [0, 0.1) is 0 Å². The van der Waals surface area contributed by atoms with Crippen molar-refractivity contribution in [2.75, 3.05) is 20.6 Å². The maximum absolute atomic E-state index is 4.65. The zero-order valence-corrected chi connectivity index (χ0v) is 15.0. The van der Waals surface area contributed by atoms with Gasteiger partial charge in [0.15, 0.2) is 5.96 Å². The molecule has 0 atom stereocenters. The van der Waals surface area contributed by atoms with Crippen LogP contribution in [0.2, 0.25) is 0 Å². The van der Waals surface area contributed by atoms with E-state index in [9.17, 15) is 0 Å². The molecule has 0 aliphatic rings. The van der Waals surface area contributed by atoms with Crippen molar-refractivity contribution in [3.8, 4) is 0 Å². The molecule has 0 saturated heterocycles. The Hall–Kier alpha value is -1.85. The van der Waals surface area contributed by atoms with Crippen LogP contribution in [0.4, 0.5) is 0 Å². The fourth-order valence-electron chi connectivity index (χ4n) is 2.30. The summed E-state index contributed by atoms with van der Waals surface area (Å²) >= 11 is 1.71. The number of aliphatic imine (C=N–C) groups is 1. The molecule has 0 bridgehead atoms. The van der Waals surface area contributed by atoms with E-state index in [1.165, 1.54) is 16.7 Å². The standard InChI is InChI=1S/C18H26N4S/c1-4-19-18(20-11-15-9-10-23-14-15)21-12-16-7-5-6-8-17(16)13-22(2)3/h5-10,14H,4,11-13H2,1-3H3,(H2,19,20,21). The molecule has 2 N–H and O–H groups in total. The summed E-state index contributed by atoms with van der Waals surface area (Å²) in [5, 5.41) is 11.0. The first-order chi connectivity index (χ1) is 11.2. The van der Waals surface area contributed by atoms with Crippen molar-refractivity contribution in [3.63, 3.8) is 0 Å². The van der Waals surface area contributed by atoms with Crippen LogP contribution in [0.5, 0.6) is 0 Å². The molecule has 1 heterocycles. The molecule has 23 heavy (non-hydrogen) atoms. The summed E-state index contributed by atoms with van der Waals surface area (Å²) in [6, 6.07) is 10.7. The normalized spacial score (nSPS) is 11.7. The van der Waals surface area contributed by atoms with Crippen LogP contribution >= 0.6 is 11.3 Å². The third-order valence-electron chi connectivity index (χ3n) is 3.40. The Morgan fingerprint density at radius 1 is 1.13 bits per heavy atom. The Bertz CT molecular complexity index is 605. The van der Waals surface area contributed by atoms with Gasteiger partial charge in [0, 0.05) is 19.6 Å². The van der Waals surface area contributed by atoms with Gasteiger partial charge in [-0.1, -0.05) is 24.3 Å². The fraction of sp³-hybridized carbons (Fsp3) is 0.389. The van der Waals surface area contributed by atoms with Crippen molar-refractivity contribution in [1.29, 1.82) is 0 Å². The molecular weight excluding hydrogens is 304 g/mol. The number of benzene rings is 1. The van der Waals surface area contributed by atoms with Crippen LogP contribution in [0.1, 0.15) is 23.6 Å². The molecular formula is C18H26N4S. The second-order valence-electron chi connectivity index (χ2n) is 5.69. The van der Waals surface area contributed by atoms with Gasteiger partial charge in [0.2, 0.25) is 0 Å². The van der Waals surface area contributed by atoms with E-state index in [4.69, 9.17) is 0 Å². The lowest BCUT2D eigenvalue weighted by Gasteiger charge is -2.16. The molecule has 0 spiro atoms. The van der Waals surface area contributed by atoms with Crippen molar-refractivity contribution < 1.29 is 0 Å². The minimum Gasteiger partial charge on any atom is -0.357 e. The summed E-state index contributed by atoms with van der Waals surface area (Å²) in [4.78, 5) is 6.84. The topological polar surface area (TPSA) is 39.7 Å². The molecule has 0 aliphatic carbocycles. The van der Waals surface area contributed by atoms with Gasteiger partial charge in [0.05, 0.1) is 6.54 Å². The van der Waals surface area contributed by atoms with Crippen LogP contribution < -0.4 is 10.6 Å². The number of hydrogen-bond donors (Lipinski definition) is 2. The van der Waals surface area contributed by atoms with Crippen molar-refractivity contribution in [2.24, 2.45) is 4.99 Å². The van der Waals surface area contributed by atoms with Gasteiger partial charge in [-0.25, -0.2) is 4.99 Å². The molecule has 0 aliphatic heterocycles. The van der Waals surface area contributed by atoms with Gasteiger partial charge < -0.3 is 15.5 Å². The van der Waals surface area contributed by atoms with E-state index in [-0.39, 0.29) is 0 Å². The number of rotatable bonds is 7. The molecule has 1 aromatic heterocycles. The second kappa shape index (κ2) is 9.33. The Morgan fingerprint density at radius 3 is 2.57 bits per heavy atom. The minimum absolute atomic E-state index is 0.707. The van der Waals surface area contributed by atoms with E-state index in [1.807, 2.05) is 0 Å². The second-order valence-corrected chi connectivity index (χ2v) is 6.47. The highest BCUT2D eigenvalue weighted by molar-refractivity contribution is 7.07. The van der Waals surface area contributed by atoms with E-state index in [1.54, 1.807) is 11.3 Å². The number of thiophene rings is 1. The van der Waals surface area contributed by atoms with Crippen molar-refractivity contribution in [3.05, 3.63) is 57.8 Å². The lowest BCUT2D eigenvalue weighted by molar-refractivity contribution is 0.400. The SMILES string of the molecule is CCNC(=NCc1ccsc1)NCc1ccccc1CN(C)C. The number of guanidine groups is 1. The quantitative estimate of drug-likeness (QED) is 0.605. The summed E-state index contributed by atoms with van der Waals surface area (Å²) in [5.41, 5.74) is 3.90. The molecule has 1 aromatic carbocycles. The molecule has 4 nitrogen and oxygen atoms in total. The Labute approximate surface area is 143 Å². The van der Waals surface area contributed by atoms with Crippen LogP contribution in [0.3, 0.4) is 0 Å². The molecule has 2 rings (SSSR count). The van der Waals surface area contributed by atoms with Gasteiger partial charge in [-0.3, -0.25) is 0 Å². The third-order valence-corrected chi connectivity index (χ3v) is 4.13. The third kappa shape index (κ3) is 6.04. The summed E-state index contributed by atoms with van der Waals surface area (Å²) in [6.45, 7) is 5.37. The van der Waals surface area contributed by atoms with Gasteiger partial charge in [0.1, 0.15) is 0 Å². The lowest BCUT2D eigenvalue weighted by Crippen LogP contribution is -2.37. The number of nitrogens with one attached hydrogen (secondary N) is 2. The van der Waals surface area contributed by atoms with Gasteiger partial charge in [-0.15, -0.1) is 0 Å². The maximum atomic E-state index is 4.65. The van der Waals surface area contributed by atoms with Crippen LogP contribution in [0.25, 0.3) is 0 Å². The fourth-order valence-corrected chi connectivity index (χ4v) is 2.96. The molecule has 0 saturated carbocycles. The zero-order chi connectivity index (χ0) is 16.5. The van der Waals surface area contributed by atoms with E-state index < -0.39 is 0 Å². The Morgan fingerprint density at radius 2 is 1.91 bits per heavy atom. The monoisotopic (exact) mass is 330 g/mol. The van der Waals surface area contributed by atoms with E-state index in [0.717, 1.165) is 25.6 Å². The van der Waals surface area contributed by atoms with Gasteiger partial charge in [-0.05, 0) is 54.5 Å². The highest BCUT2D eigenvalue weighted by Gasteiger charge is 2.04. The summed E-state index contributed by atoms with van der Waals surface area (Å²) in [5.74, 6) is 0.860. The molecule has 0 radical (unpaired) electrons. The van der Waals surface area contributed by atoms with Gasteiger partial charge in [0.25, 0.3) is 0 Å². The van der Waals surface area contributed by atoms with E-state index in [2.05, 4.69) is 82.6 Å². The molecule has 124 valence electrons. The molecule has 2 aromatic rings. The summed E-state index contributed by atoms with van der Waals surface area (Å²) < 4.78 is 0. The Kier molecular flexibility index (Phi) is 7.10. The average Bonchev–Trinajstić information content (AvgIpc) is 3.04. The predicted octanol–water partition coefficient (Wildman–Crippen LogP) is 3.07. The first-order valence-corrected chi connectivity index (χ1v) is 8.88. The smallest absolute Gasteiger partial charge is 0.191 e. The lowest BCUT2D eigenvalue weighted by atomic mass is 10.1. The van der Waals surface area contributed by atoms with Gasteiger partial charge >= 0.3 is 0 Å². The van der Waals surface area contributed by atoms with E-state index in [0.29, 0.717) is 6.54 Å². The first kappa shape index (κ1) is 17.5. The van der Waals surface area contributed by atoms with Crippen LogP contribution in [-0.2, 0) is 19.6 Å². The largest absolute Gasteiger partial charge is 0.357 e. The van der Waals surface area contributed by atoms with Crippen molar-refractivity contribution in [1.82, 2.24) is 15.5 Å². The summed E-state index contributed by atoms with van der Waals surface area (Å²) in [6.07, 6.45) is 0. The van der Waals surface area contributed by atoms with Gasteiger partial charge in [-0.2, -0.15) is 11.3 Å². The van der Waals surface area contributed by atoms with Crippen molar-refractivity contribution >= 4 is 17.3 Å². The van der Waals surface area contributed by atoms with Crippen LogP contribution in [0.15, 0.2) is 46.1 Å². The first-order valence-electron chi connectivity index (χ1n) is 7.93. The van der Waals surface area contributed by atoms with Crippen molar-refractivity contribution in [2.45, 2.75) is 26.6 Å². The molecule has 0 fully saturated rings. The highest BCUT2D eigenvalue weighted by Crippen LogP contribution is 2.10. The number of nitrogens with zero attached hydrogens (tertiary/aromatic N) is 2.